The average molecular weight is 250 g/mol. The zero-order chi connectivity index (χ0) is 12.5. The highest BCUT2D eigenvalue weighted by atomic mass is 16.2. The summed E-state index contributed by atoms with van der Waals surface area (Å²) in [5.41, 5.74) is 6.21. The lowest BCUT2D eigenvalue weighted by atomic mass is 9.78. The van der Waals surface area contributed by atoms with Gasteiger partial charge in [-0.1, -0.05) is 19.3 Å². The number of amides is 1. The monoisotopic (exact) mass is 250 g/mol. The topological polar surface area (TPSA) is 46.3 Å². The minimum Gasteiger partial charge on any atom is -0.342 e. The molecular formula is C15H26N2O. The van der Waals surface area contributed by atoms with Crippen LogP contribution in [-0.2, 0) is 4.79 Å². The van der Waals surface area contributed by atoms with Gasteiger partial charge in [-0.3, -0.25) is 4.79 Å². The summed E-state index contributed by atoms with van der Waals surface area (Å²) in [7, 11) is 0. The zero-order valence-corrected chi connectivity index (χ0v) is 11.3. The van der Waals surface area contributed by atoms with Crippen molar-refractivity contribution in [3.8, 4) is 0 Å². The van der Waals surface area contributed by atoms with Gasteiger partial charge in [0.15, 0.2) is 0 Å². The van der Waals surface area contributed by atoms with Crippen LogP contribution in [0.1, 0.15) is 51.4 Å². The maximum absolute atomic E-state index is 12.3. The molecule has 0 aromatic heterocycles. The number of fused-ring (bicyclic) bond motifs is 1. The third-order valence-electron chi connectivity index (χ3n) is 5.44. The van der Waals surface area contributed by atoms with Crippen molar-refractivity contribution in [3.05, 3.63) is 0 Å². The molecule has 102 valence electrons. The number of hydrogen-bond donors (Lipinski definition) is 1. The van der Waals surface area contributed by atoms with Crippen LogP contribution in [0.25, 0.3) is 0 Å². The fraction of sp³-hybridized carbons (Fsp3) is 0.933. The number of carbonyl (C=O) groups excluding carboxylic acids is 1. The van der Waals surface area contributed by atoms with Crippen molar-refractivity contribution >= 4 is 5.91 Å². The van der Waals surface area contributed by atoms with Crippen LogP contribution >= 0.6 is 0 Å². The first-order chi connectivity index (χ1) is 8.74. The van der Waals surface area contributed by atoms with Crippen LogP contribution in [0.15, 0.2) is 0 Å². The highest BCUT2D eigenvalue weighted by Gasteiger charge is 2.40. The lowest BCUT2D eigenvalue weighted by Crippen LogP contribution is -2.38. The lowest BCUT2D eigenvalue weighted by molar-refractivity contribution is -0.131. The zero-order valence-electron chi connectivity index (χ0n) is 11.3. The van der Waals surface area contributed by atoms with Crippen molar-refractivity contribution in [1.82, 2.24) is 4.90 Å². The van der Waals surface area contributed by atoms with E-state index >= 15 is 0 Å². The molecule has 3 aliphatic rings. The van der Waals surface area contributed by atoms with Crippen molar-refractivity contribution in [3.63, 3.8) is 0 Å². The number of hydrogen-bond acceptors (Lipinski definition) is 2. The van der Waals surface area contributed by atoms with E-state index in [9.17, 15) is 4.79 Å². The van der Waals surface area contributed by atoms with Gasteiger partial charge in [-0.2, -0.15) is 0 Å². The highest BCUT2D eigenvalue weighted by molar-refractivity contribution is 5.76. The van der Waals surface area contributed by atoms with E-state index < -0.39 is 0 Å². The van der Waals surface area contributed by atoms with Gasteiger partial charge < -0.3 is 10.6 Å². The van der Waals surface area contributed by atoms with E-state index in [2.05, 4.69) is 4.90 Å². The Morgan fingerprint density at radius 3 is 2.56 bits per heavy atom. The molecule has 3 atom stereocenters. The van der Waals surface area contributed by atoms with Gasteiger partial charge in [0.05, 0.1) is 0 Å². The van der Waals surface area contributed by atoms with E-state index in [4.69, 9.17) is 5.73 Å². The normalized spacial score (nSPS) is 36.9. The molecule has 0 aromatic rings. The van der Waals surface area contributed by atoms with E-state index in [0.29, 0.717) is 29.7 Å². The van der Waals surface area contributed by atoms with Crippen LogP contribution in [0, 0.1) is 17.8 Å². The molecule has 3 nitrogen and oxygen atoms in total. The summed E-state index contributed by atoms with van der Waals surface area (Å²) in [5, 5.41) is 0. The summed E-state index contributed by atoms with van der Waals surface area (Å²) in [6, 6.07) is 0.341. The molecule has 0 spiro atoms. The number of nitrogens with two attached hydrogens (primary N) is 1. The molecule has 3 unspecified atom stereocenters. The molecule has 0 bridgehead atoms. The van der Waals surface area contributed by atoms with Gasteiger partial charge in [0, 0.05) is 25.6 Å². The predicted molar refractivity (Wildman–Crippen MR) is 72.0 cm³/mol. The molecule has 3 rings (SSSR count). The van der Waals surface area contributed by atoms with Gasteiger partial charge >= 0.3 is 0 Å². The quantitative estimate of drug-likeness (QED) is 0.816. The van der Waals surface area contributed by atoms with Gasteiger partial charge in [0.2, 0.25) is 5.91 Å². The van der Waals surface area contributed by atoms with Crippen LogP contribution in [0.5, 0.6) is 0 Å². The van der Waals surface area contributed by atoms with Crippen molar-refractivity contribution in [2.75, 3.05) is 13.1 Å². The van der Waals surface area contributed by atoms with Gasteiger partial charge in [-0.25, -0.2) is 0 Å². The highest BCUT2D eigenvalue weighted by Crippen LogP contribution is 2.36. The van der Waals surface area contributed by atoms with Crippen molar-refractivity contribution in [2.24, 2.45) is 23.5 Å². The van der Waals surface area contributed by atoms with E-state index in [-0.39, 0.29) is 0 Å². The molecular weight excluding hydrogens is 224 g/mol. The lowest BCUT2D eigenvalue weighted by Gasteiger charge is -2.29. The largest absolute Gasteiger partial charge is 0.342 e. The van der Waals surface area contributed by atoms with Crippen LogP contribution in [0.4, 0.5) is 0 Å². The molecule has 18 heavy (non-hydrogen) atoms. The minimum absolute atomic E-state index is 0.341. The smallest absolute Gasteiger partial charge is 0.222 e. The maximum Gasteiger partial charge on any atom is 0.222 e. The number of rotatable bonds is 2. The Morgan fingerprint density at radius 1 is 1.06 bits per heavy atom. The number of nitrogens with zero attached hydrogens (tertiary/aromatic N) is 1. The Morgan fingerprint density at radius 2 is 1.83 bits per heavy atom. The first-order valence-electron chi connectivity index (χ1n) is 7.77. The summed E-state index contributed by atoms with van der Waals surface area (Å²) < 4.78 is 0. The van der Waals surface area contributed by atoms with E-state index in [1.807, 2.05) is 0 Å². The minimum atomic E-state index is 0.341. The predicted octanol–water partition coefficient (Wildman–Crippen LogP) is 2.15. The van der Waals surface area contributed by atoms with Crippen molar-refractivity contribution < 1.29 is 4.79 Å². The Balaban J connectivity index is 1.55. The van der Waals surface area contributed by atoms with Gasteiger partial charge in [-0.15, -0.1) is 0 Å². The molecule has 1 heterocycles. The van der Waals surface area contributed by atoms with E-state index in [1.54, 1.807) is 0 Å². The summed E-state index contributed by atoms with van der Waals surface area (Å²) in [4.78, 5) is 14.5. The van der Waals surface area contributed by atoms with Crippen molar-refractivity contribution in [2.45, 2.75) is 57.4 Å². The van der Waals surface area contributed by atoms with Crippen LogP contribution in [0.3, 0.4) is 0 Å². The Kier molecular flexibility index (Phi) is 3.60. The number of likely N-dealkylation sites (tertiary alicyclic amines) is 1. The average Bonchev–Trinajstić information content (AvgIpc) is 2.97. The molecule has 2 aliphatic carbocycles. The molecule has 2 saturated carbocycles. The molecule has 1 amide bonds. The van der Waals surface area contributed by atoms with Gasteiger partial charge in [-0.05, 0) is 43.4 Å². The molecule has 2 N–H and O–H groups in total. The Labute approximate surface area is 110 Å². The second-order valence-corrected chi connectivity index (χ2v) is 6.67. The Bertz CT molecular complexity index is 312. The van der Waals surface area contributed by atoms with Gasteiger partial charge in [0.1, 0.15) is 0 Å². The Hall–Kier alpha value is -0.570. The fourth-order valence-electron chi connectivity index (χ4n) is 4.31. The molecule has 3 heteroatoms. The van der Waals surface area contributed by atoms with Crippen LogP contribution < -0.4 is 5.73 Å². The second-order valence-electron chi connectivity index (χ2n) is 6.67. The maximum atomic E-state index is 12.3. The second kappa shape index (κ2) is 5.20. The summed E-state index contributed by atoms with van der Waals surface area (Å²) in [6.45, 7) is 1.93. The summed E-state index contributed by atoms with van der Waals surface area (Å²) in [5.74, 6) is 2.37. The van der Waals surface area contributed by atoms with Crippen molar-refractivity contribution in [1.29, 1.82) is 0 Å². The molecule has 3 fully saturated rings. The molecule has 1 saturated heterocycles. The molecule has 1 aliphatic heterocycles. The van der Waals surface area contributed by atoms with E-state index in [0.717, 1.165) is 25.9 Å². The third kappa shape index (κ3) is 2.42. The first-order valence-corrected chi connectivity index (χ1v) is 7.77. The standard InChI is InChI=1S/C15H26N2O/c16-14-7-3-6-12-9-17(10-13(12)14)15(18)8-11-4-1-2-5-11/h11-14H,1-10,16H2. The summed E-state index contributed by atoms with van der Waals surface area (Å²) in [6.07, 6.45) is 9.69. The van der Waals surface area contributed by atoms with Crippen LogP contribution in [-0.4, -0.2) is 29.9 Å². The summed E-state index contributed by atoms with van der Waals surface area (Å²) >= 11 is 0. The number of carbonyl (C=O) groups is 1. The van der Waals surface area contributed by atoms with E-state index in [1.165, 1.54) is 38.5 Å². The van der Waals surface area contributed by atoms with Gasteiger partial charge in [0.25, 0.3) is 0 Å². The fourth-order valence-corrected chi connectivity index (χ4v) is 4.31. The molecule has 0 aromatic carbocycles. The third-order valence-corrected chi connectivity index (χ3v) is 5.44. The molecule has 0 radical (unpaired) electrons. The van der Waals surface area contributed by atoms with Crippen LogP contribution in [0.2, 0.25) is 0 Å². The SMILES string of the molecule is NC1CCCC2CN(C(=O)CC3CCCC3)CC12. The first kappa shape index (κ1) is 12.5.